The summed E-state index contributed by atoms with van der Waals surface area (Å²) in [6.07, 6.45) is 5.05. The second kappa shape index (κ2) is 5.36. The van der Waals surface area contributed by atoms with Crippen molar-refractivity contribution in [1.82, 2.24) is 9.88 Å². The van der Waals surface area contributed by atoms with E-state index in [-0.39, 0.29) is 0 Å². The first-order valence-corrected chi connectivity index (χ1v) is 6.84. The third kappa shape index (κ3) is 3.09. The summed E-state index contributed by atoms with van der Waals surface area (Å²) >= 11 is 3.41. The van der Waals surface area contributed by atoms with Crippen LogP contribution >= 0.6 is 15.9 Å². The fraction of sp³-hybridized carbons (Fsp3) is 0.538. The molecule has 0 atom stereocenters. The maximum absolute atomic E-state index is 11.2. The molecule has 2 heterocycles. The molecule has 2 rings (SSSR count). The zero-order valence-electron chi connectivity index (χ0n) is 10.4. The number of hydrogen-bond donors (Lipinski definition) is 1. The Kier molecular flexibility index (Phi) is 4.02. The van der Waals surface area contributed by atoms with Crippen LogP contribution in [0.3, 0.4) is 0 Å². The van der Waals surface area contributed by atoms with Gasteiger partial charge < -0.3 is 5.11 Å². The zero-order chi connectivity index (χ0) is 13.2. The van der Waals surface area contributed by atoms with Crippen LogP contribution in [-0.2, 0) is 11.3 Å². The average molecular weight is 313 g/mol. The molecule has 0 radical (unpaired) electrons. The van der Waals surface area contributed by atoms with Gasteiger partial charge in [0.05, 0.1) is 5.41 Å². The van der Waals surface area contributed by atoms with Crippen LogP contribution in [0.5, 0.6) is 0 Å². The van der Waals surface area contributed by atoms with Crippen LogP contribution in [-0.4, -0.2) is 34.0 Å². The first kappa shape index (κ1) is 13.5. The Balaban J connectivity index is 1.93. The molecule has 98 valence electrons. The van der Waals surface area contributed by atoms with Crippen LogP contribution < -0.4 is 0 Å². The molecular formula is C13H17BrN2O2. The maximum atomic E-state index is 11.2. The molecule has 0 aliphatic carbocycles. The van der Waals surface area contributed by atoms with Crippen LogP contribution in [0.25, 0.3) is 0 Å². The SMILES string of the molecule is CC1(C(=O)O)CCN(Cc2cncc(Br)c2)CC1. The number of nitrogens with zero attached hydrogens (tertiary/aromatic N) is 2. The van der Waals surface area contributed by atoms with Gasteiger partial charge in [-0.25, -0.2) is 0 Å². The molecule has 0 unspecified atom stereocenters. The third-order valence-electron chi connectivity index (χ3n) is 3.64. The smallest absolute Gasteiger partial charge is 0.309 e. The highest BCUT2D eigenvalue weighted by atomic mass is 79.9. The van der Waals surface area contributed by atoms with Gasteiger partial charge in [0, 0.05) is 23.4 Å². The summed E-state index contributed by atoms with van der Waals surface area (Å²) in [7, 11) is 0. The van der Waals surface area contributed by atoms with E-state index >= 15 is 0 Å². The minimum Gasteiger partial charge on any atom is -0.481 e. The first-order valence-electron chi connectivity index (χ1n) is 6.05. The number of piperidine rings is 1. The van der Waals surface area contributed by atoms with Crippen LogP contribution in [0.1, 0.15) is 25.3 Å². The Morgan fingerprint density at radius 1 is 1.50 bits per heavy atom. The monoisotopic (exact) mass is 312 g/mol. The number of carboxylic acid groups (broad SMARTS) is 1. The molecule has 1 aromatic rings. The van der Waals surface area contributed by atoms with Crippen LogP contribution in [0.2, 0.25) is 0 Å². The second-order valence-electron chi connectivity index (χ2n) is 5.15. The van der Waals surface area contributed by atoms with E-state index in [1.807, 2.05) is 13.1 Å². The van der Waals surface area contributed by atoms with E-state index in [1.54, 1.807) is 6.20 Å². The van der Waals surface area contributed by atoms with Crippen molar-refractivity contribution < 1.29 is 9.90 Å². The van der Waals surface area contributed by atoms with E-state index < -0.39 is 11.4 Å². The fourth-order valence-corrected chi connectivity index (χ4v) is 2.63. The number of halogens is 1. The molecule has 0 bridgehead atoms. The predicted octanol–water partition coefficient (Wildman–Crippen LogP) is 2.53. The van der Waals surface area contributed by atoms with E-state index in [0.717, 1.165) is 29.7 Å². The van der Waals surface area contributed by atoms with Gasteiger partial charge in [-0.3, -0.25) is 14.7 Å². The standard InChI is InChI=1S/C13H17BrN2O2/c1-13(12(17)18)2-4-16(5-3-13)9-10-6-11(14)8-15-7-10/h6-8H,2-5,9H2,1H3,(H,17,18). The van der Waals surface area contributed by atoms with E-state index in [4.69, 9.17) is 0 Å². The molecule has 0 aromatic carbocycles. The van der Waals surface area contributed by atoms with Gasteiger partial charge >= 0.3 is 5.97 Å². The lowest BCUT2D eigenvalue weighted by Gasteiger charge is -2.36. The first-order chi connectivity index (χ1) is 8.49. The summed E-state index contributed by atoms with van der Waals surface area (Å²) in [6, 6.07) is 2.05. The van der Waals surface area contributed by atoms with Gasteiger partial charge in [-0.1, -0.05) is 0 Å². The zero-order valence-corrected chi connectivity index (χ0v) is 12.0. The van der Waals surface area contributed by atoms with Gasteiger partial charge in [0.25, 0.3) is 0 Å². The molecule has 0 amide bonds. The van der Waals surface area contributed by atoms with E-state index in [0.29, 0.717) is 12.8 Å². The number of carboxylic acids is 1. The Bertz CT molecular complexity index is 442. The molecule has 1 aromatic heterocycles. The Labute approximate surface area is 115 Å². The highest BCUT2D eigenvalue weighted by Crippen LogP contribution is 2.31. The number of hydrogen-bond acceptors (Lipinski definition) is 3. The lowest BCUT2D eigenvalue weighted by atomic mass is 9.80. The predicted molar refractivity (Wildman–Crippen MR) is 72.2 cm³/mol. The highest BCUT2D eigenvalue weighted by Gasteiger charge is 2.36. The number of rotatable bonds is 3. The number of carbonyl (C=O) groups is 1. The molecule has 0 saturated carbocycles. The summed E-state index contributed by atoms with van der Waals surface area (Å²) in [5, 5.41) is 9.18. The highest BCUT2D eigenvalue weighted by molar-refractivity contribution is 9.10. The van der Waals surface area contributed by atoms with E-state index in [2.05, 4.69) is 31.9 Å². The summed E-state index contributed by atoms with van der Waals surface area (Å²) in [5.74, 6) is -0.675. The fourth-order valence-electron chi connectivity index (χ4n) is 2.22. The molecule has 1 fully saturated rings. The van der Waals surface area contributed by atoms with E-state index in [9.17, 15) is 9.90 Å². The van der Waals surface area contributed by atoms with Gasteiger partial charge in [0.1, 0.15) is 0 Å². The normalized spacial score (nSPS) is 19.7. The molecule has 1 N–H and O–H groups in total. The van der Waals surface area contributed by atoms with Crippen molar-refractivity contribution in [3.8, 4) is 0 Å². The van der Waals surface area contributed by atoms with Crippen molar-refractivity contribution in [1.29, 1.82) is 0 Å². The Morgan fingerprint density at radius 2 is 2.17 bits per heavy atom. The third-order valence-corrected chi connectivity index (χ3v) is 4.08. The Morgan fingerprint density at radius 3 is 2.72 bits per heavy atom. The van der Waals surface area contributed by atoms with Crippen LogP contribution in [0, 0.1) is 5.41 Å². The van der Waals surface area contributed by atoms with Gasteiger partial charge in [-0.2, -0.15) is 0 Å². The molecule has 0 spiro atoms. The molecular weight excluding hydrogens is 296 g/mol. The topological polar surface area (TPSA) is 53.4 Å². The summed E-state index contributed by atoms with van der Waals surface area (Å²) in [5.41, 5.74) is 0.606. The average Bonchev–Trinajstić information content (AvgIpc) is 2.32. The van der Waals surface area contributed by atoms with Crippen molar-refractivity contribution in [3.63, 3.8) is 0 Å². The summed E-state index contributed by atoms with van der Waals surface area (Å²) in [4.78, 5) is 17.6. The minimum absolute atomic E-state index is 0.550. The minimum atomic E-state index is -0.675. The lowest BCUT2D eigenvalue weighted by Crippen LogP contribution is -2.42. The molecule has 18 heavy (non-hydrogen) atoms. The number of likely N-dealkylation sites (tertiary alicyclic amines) is 1. The quantitative estimate of drug-likeness (QED) is 0.932. The number of aliphatic carboxylic acids is 1. The second-order valence-corrected chi connectivity index (χ2v) is 6.07. The largest absolute Gasteiger partial charge is 0.481 e. The Hall–Kier alpha value is -0.940. The number of aromatic nitrogens is 1. The van der Waals surface area contributed by atoms with Gasteiger partial charge in [0.15, 0.2) is 0 Å². The maximum Gasteiger partial charge on any atom is 0.309 e. The van der Waals surface area contributed by atoms with Crippen molar-refractivity contribution in [2.24, 2.45) is 5.41 Å². The number of pyridine rings is 1. The van der Waals surface area contributed by atoms with Gasteiger partial charge in [-0.05, 0) is 60.4 Å². The van der Waals surface area contributed by atoms with Crippen LogP contribution in [0.15, 0.2) is 22.9 Å². The summed E-state index contributed by atoms with van der Waals surface area (Å²) < 4.78 is 0.979. The van der Waals surface area contributed by atoms with Crippen LogP contribution in [0.4, 0.5) is 0 Å². The molecule has 1 aliphatic rings. The van der Waals surface area contributed by atoms with Crippen molar-refractivity contribution in [2.75, 3.05) is 13.1 Å². The van der Waals surface area contributed by atoms with E-state index in [1.165, 1.54) is 0 Å². The van der Waals surface area contributed by atoms with Crippen molar-refractivity contribution >= 4 is 21.9 Å². The van der Waals surface area contributed by atoms with Crippen molar-refractivity contribution in [3.05, 3.63) is 28.5 Å². The molecule has 1 saturated heterocycles. The summed E-state index contributed by atoms with van der Waals surface area (Å²) in [6.45, 7) is 4.33. The van der Waals surface area contributed by atoms with Gasteiger partial charge in [-0.15, -0.1) is 0 Å². The lowest BCUT2D eigenvalue weighted by molar-refractivity contribution is -0.150. The molecule has 5 heteroatoms. The van der Waals surface area contributed by atoms with Crippen molar-refractivity contribution in [2.45, 2.75) is 26.3 Å². The molecule has 4 nitrogen and oxygen atoms in total. The molecule has 1 aliphatic heterocycles. The van der Waals surface area contributed by atoms with Gasteiger partial charge in [0.2, 0.25) is 0 Å².